The molecule has 20 heavy (non-hydrogen) atoms. The lowest BCUT2D eigenvalue weighted by Gasteiger charge is -2.08. The highest BCUT2D eigenvalue weighted by atomic mass is 32.2. The number of aromatic nitrogens is 4. The van der Waals surface area contributed by atoms with E-state index in [-0.39, 0.29) is 6.04 Å². The Morgan fingerprint density at radius 3 is 2.90 bits per heavy atom. The Kier molecular flexibility index (Phi) is 5.53. The monoisotopic (exact) mass is 288 g/mol. The van der Waals surface area contributed by atoms with Crippen LogP contribution < -0.4 is 5.32 Å². The second-order valence-corrected chi connectivity index (χ2v) is 5.15. The summed E-state index contributed by atoms with van der Waals surface area (Å²) in [6.07, 6.45) is 0.761. The first-order valence-corrected chi connectivity index (χ1v) is 7.43. The number of hydrogen-bond donors (Lipinski definition) is 1. The summed E-state index contributed by atoms with van der Waals surface area (Å²) >= 11 is 1.55. The molecule has 104 valence electrons. The third kappa shape index (κ3) is 3.79. The lowest BCUT2D eigenvalue weighted by molar-refractivity contribution is 0.612. The zero-order chi connectivity index (χ0) is 14.2. The minimum absolute atomic E-state index is 0.117. The zero-order valence-electron chi connectivity index (χ0n) is 11.2. The summed E-state index contributed by atoms with van der Waals surface area (Å²) in [5, 5.41) is 24.6. The van der Waals surface area contributed by atoms with Gasteiger partial charge in [-0.1, -0.05) is 36.9 Å². The minimum atomic E-state index is -0.117. The zero-order valence-corrected chi connectivity index (χ0v) is 12.0. The molecule has 7 heteroatoms. The van der Waals surface area contributed by atoms with E-state index < -0.39 is 0 Å². The molecule has 1 aromatic heterocycles. The third-order valence-corrected chi connectivity index (χ3v) is 3.64. The Balaban J connectivity index is 1.95. The summed E-state index contributed by atoms with van der Waals surface area (Å²) in [5.74, 6) is 0.790. The molecule has 6 nitrogen and oxygen atoms in total. The highest BCUT2D eigenvalue weighted by Gasteiger charge is 2.10. The van der Waals surface area contributed by atoms with Crippen LogP contribution in [0.1, 0.15) is 13.3 Å². The fourth-order valence-electron chi connectivity index (χ4n) is 1.73. The van der Waals surface area contributed by atoms with Gasteiger partial charge in [0, 0.05) is 5.75 Å². The summed E-state index contributed by atoms with van der Waals surface area (Å²) in [7, 11) is 0. The molecule has 0 saturated carbocycles. The molecular weight excluding hydrogens is 272 g/mol. The molecule has 1 atom stereocenters. The highest BCUT2D eigenvalue weighted by molar-refractivity contribution is 7.99. The van der Waals surface area contributed by atoms with Crippen molar-refractivity contribution in [3.63, 3.8) is 0 Å². The van der Waals surface area contributed by atoms with Crippen LogP contribution >= 0.6 is 11.8 Å². The Bertz CT molecular complexity index is 562. The number of thioether (sulfide) groups is 1. The summed E-state index contributed by atoms with van der Waals surface area (Å²) in [6, 6.07) is 11.9. The molecule has 1 unspecified atom stereocenters. The summed E-state index contributed by atoms with van der Waals surface area (Å²) in [6.45, 7) is 2.79. The van der Waals surface area contributed by atoms with Gasteiger partial charge in [0.25, 0.3) is 0 Å². The van der Waals surface area contributed by atoms with E-state index in [0.29, 0.717) is 0 Å². The fourth-order valence-corrected chi connectivity index (χ4v) is 2.62. The molecule has 1 heterocycles. The summed E-state index contributed by atoms with van der Waals surface area (Å²) < 4.78 is 1.71. The van der Waals surface area contributed by atoms with Gasteiger partial charge in [-0.15, -0.1) is 5.10 Å². The molecule has 0 spiro atoms. The Labute approximate surface area is 122 Å². The lowest BCUT2D eigenvalue weighted by atomic mass is 10.2. The average Bonchev–Trinajstić information content (AvgIpc) is 2.95. The van der Waals surface area contributed by atoms with Crippen molar-refractivity contribution in [3.8, 4) is 11.8 Å². The van der Waals surface area contributed by atoms with Gasteiger partial charge in [0.15, 0.2) is 0 Å². The van der Waals surface area contributed by atoms with Crippen LogP contribution in [-0.2, 0) is 0 Å². The van der Waals surface area contributed by atoms with Gasteiger partial charge in [-0.2, -0.15) is 9.94 Å². The lowest BCUT2D eigenvalue weighted by Crippen LogP contribution is -2.27. The molecule has 0 radical (unpaired) electrons. The molecule has 2 aromatic rings. The topological polar surface area (TPSA) is 79.4 Å². The number of rotatable bonds is 7. The number of tetrazole rings is 1. The van der Waals surface area contributed by atoms with E-state index in [9.17, 15) is 0 Å². The first-order chi connectivity index (χ1) is 9.85. The van der Waals surface area contributed by atoms with Gasteiger partial charge in [0.1, 0.15) is 0 Å². The maximum absolute atomic E-state index is 8.98. The molecule has 0 aliphatic rings. The normalized spacial score (nSPS) is 12.0. The molecule has 0 saturated heterocycles. The van der Waals surface area contributed by atoms with Crippen molar-refractivity contribution in [2.75, 3.05) is 12.3 Å². The van der Waals surface area contributed by atoms with Crippen LogP contribution in [0, 0.1) is 11.3 Å². The van der Waals surface area contributed by atoms with Gasteiger partial charge in [0.05, 0.1) is 17.8 Å². The van der Waals surface area contributed by atoms with Gasteiger partial charge in [-0.3, -0.25) is 0 Å². The van der Waals surface area contributed by atoms with Gasteiger partial charge >= 0.3 is 0 Å². The minimum Gasteiger partial charge on any atom is -0.302 e. The Hall–Kier alpha value is -1.91. The fraction of sp³-hybridized carbons (Fsp3) is 0.385. The maximum atomic E-state index is 8.98. The average molecular weight is 288 g/mol. The Morgan fingerprint density at radius 1 is 1.40 bits per heavy atom. The van der Waals surface area contributed by atoms with E-state index in [1.54, 1.807) is 16.4 Å². The molecule has 0 aliphatic carbocycles. The van der Waals surface area contributed by atoms with Crippen molar-refractivity contribution in [3.05, 3.63) is 30.3 Å². The molecule has 2 rings (SSSR count). The van der Waals surface area contributed by atoms with Crippen molar-refractivity contribution < 1.29 is 0 Å². The van der Waals surface area contributed by atoms with Gasteiger partial charge in [-0.05, 0) is 35.5 Å². The first kappa shape index (κ1) is 14.5. The van der Waals surface area contributed by atoms with Crippen LogP contribution in [0.2, 0.25) is 0 Å². The number of para-hydroxylation sites is 1. The SMILES string of the molecule is CCNC(C#N)CCSc1nnnn1-c1ccccc1. The maximum Gasteiger partial charge on any atom is 0.214 e. The van der Waals surface area contributed by atoms with Crippen molar-refractivity contribution in [1.82, 2.24) is 25.5 Å². The Morgan fingerprint density at radius 2 is 2.20 bits per heavy atom. The summed E-state index contributed by atoms with van der Waals surface area (Å²) in [4.78, 5) is 0. The first-order valence-electron chi connectivity index (χ1n) is 6.44. The van der Waals surface area contributed by atoms with E-state index in [0.717, 1.165) is 29.6 Å². The van der Waals surface area contributed by atoms with E-state index in [1.807, 2.05) is 37.3 Å². The predicted octanol–water partition coefficient (Wildman–Crippen LogP) is 1.65. The molecule has 1 aromatic carbocycles. The predicted molar refractivity (Wildman–Crippen MR) is 77.6 cm³/mol. The summed E-state index contributed by atoms with van der Waals surface area (Å²) in [5.41, 5.74) is 0.934. The molecule has 1 N–H and O–H groups in total. The number of benzene rings is 1. The number of nitriles is 1. The molecule has 0 fully saturated rings. The molecule has 0 aliphatic heterocycles. The largest absolute Gasteiger partial charge is 0.302 e. The van der Waals surface area contributed by atoms with E-state index in [4.69, 9.17) is 5.26 Å². The van der Waals surface area contributed by atoms with Crippen LogP contribution in [0.15, 0.2) is 35.5 Å². The van der Waals surface area contributed by atoms with Gasteiger partial charge in [0.2, 0.25) is 5.16 Å². The molecule has 0 amide bonds. The second-order valence-electron chi connectivity index (χ2n) is 4.09. The number of hydrogen-bond acceptors (Lipinski definition) is 6. The van der Waals surface area contributed by atoms with Crippen LogP contribution in [-0.4, -0.2) is 38.5 Å². The third-order valence-electron chi connectivity index (χ3n) is 2.69. The highest BCUT2D eigenvalue weighted by Crippen LogP contribution is 2.19. The van der Waals surface area contributed by atoms with Crippen LogP contribution in [0.3, 0.4) is 0 Å². The van der Waals surface area contributed by atoms with E-state index in [1.165, 1.54) is 0 Å². The standard InChI is InChI=1S/C13H16N6S/c1-2-15-11(10-14)8-9-20-13-16-17-18-19(13)12-6-4-3-5-7-12/h3-7,11,15H,2,8-9H2,1H3. The number of nitrogens with one attached hydrogen (secondary N) is 1. The van der Waals surface area contributed by atoms with E-state index in [2.05, 4.69) is 26.9 Å². The smallest absolute Gasteiger partial charge is 0.214 e. The van der Waals surface area contributed by atoms with Crippen LogP contribution in [0.5, 0.6) is 0 Å². The quantitative estimate of drug-likeness (QED) is 0.780. The molecular formula is C13H16N6S. The van der Waals surface area contributed by atoms with Crippen molar-refractivity contribution >= 4 is 11.8 Å². The van der Waals surface area contributed by atoms with Gasteiger partial charge < -0.3 is 5.32 Å². The van der Waals surface area contributed by atoms with Crippen LogP contribution in [0.25, 0.3) is 5.69 Å². The molecule has 0 bridgehead atoms. The number of nitrogens with zero attached hydrogens (tertiary/aromatic N) is 5. The van der Waals surface area contributed by atoms with E-state index >= 15 is 0 Å². The van der Waals surface area contributed by atoms with Crippen molar-refractivity contribution in [2.45, 2.75) is 24.5 Å². The van der Waals surface area contributed by atoms with Gasteiger partial charge in [-0.25, -0.2) is 0 Å². The van der Waals surface area contributed by atoms with Crippen LogP contribution in [0.4, 0.5) is 0 Å². The second kappa shape index (κ2) is 7.62. The van der Waals surface area contributed by atoms with Crippen molar-refractivity contribution in [2.24, 2.45) is 0 Å². The van der Waals surface area contributed by atoms with Crippen molar-refractivity contribution in [1.29, 1.82) is 5.26 Å².